The number of hydrogen-bond donors (Lipinski definition) is 2. The lowest BCUT2D eigenvalue weighted by atomic mass is 9.95. The molecule has 0 radical (unpaired) electrons. The van der Waals surface area contributed by atoms with E-state index >= 15 is 0 Å². The first-order chi connectivity index (χ1) is 9.18. The normalized spacial score (nSPS) is 14.4. The van der Waals surface area contributed by atoms with Crippen LogP contribution in [0.25, 0.3) is 0 Å². The second kappa shape index (κ2) is 7.02. The summed E-state index contributed by atoms with van der Waals surface area (Å²) in [6, 6.07) is 3.70. The van der Waals surface area contributed by atoms with Gasteiger partial charge in [-0.2, -0.15) is 0 Å². The molecule has 0 fully saturated rings. The number of aliphatic hydroxyl groups excluding tert-OH is 1. The van der Waals surface area contributed by atoms with E-state index in [-0.39, 0.29) is 23.8 Å². The Morgan fingerprint density at radius 1 is 1.35 bits per heavy atom. The fraction of sp³-hybridized carbons (Fsp3) is 0.714. The Labute approximate surface area is 126 Å². The van der Waals surface area contributed by atoms with E-state index in [9.17, 15) is 8.42 Å². The Bertz CT molecular complexity index is 511. The summed E-state index contributed by atoms with van der Waals surface area (Å²) in [5.41, 5.74) is 0.101. The third kappa shape index (κ3) is 5.52. The van der Waals surface area contributed by atoms with Crippen molar-refractivity contribution in [3.63, 3.8) is 0 Å². The van der Waals surface area contributed by atoms with Gasteiger partial charge in [0.1, 0.15) is 0 Å². The van der Waals surface area contributed by atoms with Gasteiger partial charge in [0.15, 0.2) is 0 Å². The Kier molecular flexibility index (Phi) is 6.19. The second-order valence-electron chi connectivity index (χ2n) is 5.99. The summed E-state index contributed by atoms with van der Waals surface area (Å²) < 4.78 is 26.4. The summed E-state index contributed by atoms with van der Waals surface area (Å²) in [6.45, 7) is 8.12. The monoisotopic (exact) mass is 319 g/mol. The molecule has 0 amide bonds. The van der Waals surface area contributed by atoms with E-state index in [0.717, 1.165) is 4.88 Å². The summed E-state index contributed by atoms with van der Waals surface area (Å²) in [6.07, 6.45) is 1.10. The van der Waals surface area contributed by atoms with Gasteiger partial charge in [-0.1, -0.05) is 27.7 Å². The first-order valence-corrected chi connectivity index (χ1v) is 9.35. The molecule has 1 rings (SSSR count). The molecule has 4 nitrogen and oxygen atoms in total. The topological polar surface area (TPSA) is 66.4 Å². The lowest BCUT2D eigenvalue weighted by Crippen LogP contribution is -2.38. The summed E-state index contributed by atoms with van der Waals surface area (Å²) >= 11 is 1.67. The van der Waals surface area contributed by atoms with Crippen LogP contribution < -0.4 is 4.72 Å². The number of nitrogens with one attached hydrogen (secondary N) is 1. The van der Waals surface area contributed by atoms with Crippen molar-refractivity contribution in [2.75, 3.05) is 12.4 Å². The number of thiophene rings is 1. The number of rotatable bonds is 7. The predicted molar refractivity (Wildman–Crippen MR) is 84.8 cm³/mol. The smallest absolute Gasteiger partial charge is 0.212 e. The van der Waals surface area contributed by atoms with Crippen molar-refractivity contribution in [3.8, 4) is 0 Å². The van der Waals surface area contributed by atoms with Gasteiger partial charge in [-0.3, -0.25) is 0 Å². The second-order valence-corrected chi connectivity index (χ2v) is 9.03. The number of aryl methyl sites for hydroxylation is 1. The maximum absolute atomic E-state index is 11.9. The molecule has 0 aliphatic carbocycles. The molecule has 1 atom stereocenters. The Morgan fingerprint density at radius 2 is 2.00 bits per heavy atom. The van der Waals surface area contributed by atoms with Crippen LogP contribution in [0.4, 0.5) is 0 Å². The van der Waals surface area contributed by atoms with Crippen LogP contribution in [0, 0.1) is 0 Å². The standard InChI is InChI=1S/C14H25NO3S2/c1-5-11(10-16)15-20(17,18)9-8-12-6-7-13(19-12)14(2,3)4/h6-7,11,15-16H,5,8-10H2,1-4H3/t11-/m0/s1. The minimum absolute atomic E-state index is 0.0631. The Morgan fingerprint density at radius 3 is 2.45 bits per heavy atom. The maximum atomic E-state index is 11.9. The van der Waals surface area contributed by atoms with E-state index in [1.807, 2.05) is 13.0 Å². The summed E-state index contributed by atoms with van der Waals surface area (Å²) in [7, 11) is -3.33. The number of sulfonamides is 1. The van der Waals surface area contributed by atoms with E-state index in [1.54, 1.807) is 11.3 Å². The zero-order valence-electron chi connectivity index (χ0n) is 12.6. The quantitative estimate of drug-likeness (QED) is 0.810. The molecule has 0 unspecified atom stereocenters. The molecule has 0 bridgehead atoms. The molecule has 0 aliphatic rings. The Hall–Kier alpha value is -0.430. The van der Waals surface area contributed by atoms with E-state index in [1.165, 1.54) is 4.88 Å². The van der Waals surface area contributed by atoms with Crippen LogP contribution in [0.1, 0.15) is 43.9 Å². The van der Waals surface area contributed by atoms with Crippen molar-refractivity contribution in [2.45, 2.75) is 52.0 Å². The van der Waals surface area contributed by atoms with Crippen LogP contribution in [0.2, 0.25) is 0 Å². The van der Waals surface area contributed by atoms with Crippen molar-refractivity contribution in [2.24, 2.45) is 0 Å². The average molecular weight is 319 g/mol. The largest absolute Gasteiger partial charge is 0.395 e. The lowest BCUT2D eigenvalue weighted by molar-refractivity contribution is 0.254. The van der Waals surface area contributed by atoms with Crippen molar-refractivity contribution in [1.82, 2.24) is 4.72 Å². The molecule has 20 heavy (non-hydrogen) atoms. The minimum Gasteiger partial charge on any atom is -0.395 e. The van der Waals surface area contributed by atoms with Gasteiger partial charge in [0.25, 0.3) is 0 Å². The molecule has 2 N–H and O–H groups in total. The van der Waals surface area contributed by atoms with Crippen LogP contribution in [0.15, 0.2) is 12.1 Å². The first kappa shape index (κ1) is 17.6. The molecule has 0 saturated carbocycles. The number of aliphatic hydroxyl groups is 1. The Balaban J connectivity index is 2.60. The van der Waals surface area contributed by atoms with Gasteiger partial charge in [-0.05, 0) is 30.4 Å². The van der Waals surface area contributed by atoms with E-state index < -0.39 is 10.0 Å². The third-order valence-corrected chi connectivity index (χ3v) is 6.08. The SMILES string of the molecule is CC[C@@H](CO)NS(=O)(=O)CCc1ccc(C(C)(C)C)s1. The first-order valence-electron chi connectivity index (χ1n) is 6.88. The zero-order chi connectivity index (χ0) is 15.4. The highest BCUT2D eigenvalue weighted by molar-refractivity contribution is 7.89. The minimum atomic E-state index is -3.33. The van der Waals surface area contributed by atoms with Crippen molar-refractivity contribution < 1.29 is 13.5 Å². The maximum Gasteiger partial charge on any atom is 0.212 e. The lowest BCUT2D eigenvalue weighted by Gasteiger charge is -2.15. The molecule has 0 aromatic carbocycles. The van der Waals surface area contributed by atoms with Gasteiger partial charge in [0.05, 0.1) is 12.4 Å². The van der Waals surface area contributed by atoms with Gasteiger partial charge >= 0.3 is 0 Å². The van der Waals surface area contributed by atoms with Crippen molar-refractivity contribution >= 4 is 21.4 Å². The highest BCUT2D eigenvalue weighted by Gasteiger charge is 2.19. The molecule has 1 aromatic rings. The van der Waals surface area contributed by atoms with Crippen LogP contribution in [-0.4, -0.2) is 31.9 Å². The van der Waals surface area contributed by atoms with E-state index in [0.29, 0.717) is 12.8 Å². The summed E-state index contributed by atoms with van der Waals surface area (Å²) in [5.74, 6) is 0.0631. The molecule has 116 valence electrons. The van der Waals surface area contributed by atoms with Gasteiger partial charge in [-0.25, -0.2) is 13.1 Å². The zero-order valence-corrected chi connectivity index (χ0v) is 14.3. The van der Waals surface area contributed by atoms with Crippen molar-refractivity contribution in [1.29, 1.82) is 0 Å². The van der Waals surface area contributed by atoms with E-state index in [4.69, 9.17) is 5.11 Å². The van der Waals surface area contributed by atoms with E-state index in [2.05, 4.69) is 31.6 Å². The van der Waals surface area contributed by atoms with Crippen LogP contribution in [0.5, 0.6) is 0 Å². The van der Waals surface area contributed by atoms with Crippen LogP contribution in [0.3, 0.4) is 0 Å². The van der Waals surface area contributed by atoms with Gasteiger partial charge in [-0.15, -0.1) is 11.3 Å². The summed E-state index contributed by atoms with van der Waals surface area (Å²) in [4.78, 5) is 2.34. The molecule has 0 spiro atoms. The molecule has 0 aliphatic heterocycles. The van der Waals surface area contributed by atoms with Crippen LogP contribution in [-0.2, 0) is 21.9 Å². The third-order valence-electron chi connectivity index (χ3n) is 3.08. The van der Waals surface area contributed by atoms with Crippen molar-refractivity contribution in [3.05, 3.63) is 21.9 Å². The molecule has 1 heterocycles. The average Bonchev–Trinajstić information content (AvgIpc) is 2.82. The van der Waals surface area contributed by atoms with Gasteiger partial charge < -0.3 is 5.11 Å². The molecule has 6 heteroatoms. The fourth-order valence-electron chi connectivity index (χ4n) is 1.71. The molecule has 1 aromatic heterocycles. The number of hydrogen-bond acceptors (Lipinski definition) is 4. The van der Waals surface area contributed by atoms with Gasteiger partial charge in [0.2, 0.25) is 10.0 Å². The van der Waals surface area contributed by atoms with Crippen LogP contribution >= 0.6 is 11.3 Å². The predicted octanol–water partition coefficient (Wildman–Crippen LogP) is 2.28. The molecular formula is C14H25NO3S2. The summed E-state index contributed by atoms with van der Waals surface area (Å²) in [5, 5.41) is 9.04. The highest BCUT2D eigenvalue weighted by Crippen LogP contribution is 2.29. The fourth-order valence-corrected chi connectivity index (χ4v) is 4.26. The van der Waals surface area contributed by atoms with Gasteiger partial charge in [0, 0.05) is 15.8 Å². The molecule has 0 saturated heterocycles. The molecular weight excluding hydrogens is 294 g/mol. The highest BCUT2D eigenvalue weighted by atomic mass is 32.2.